The number of carbonyl (C=O) groups is 4. The summed E-state index contributed by atoms with van der Waals surface area (Å²) in [5.74, 6) is -2.29. The second kappa shape index (κ2) is 7.80. The maximum absolute atomic E-state index is 12.4. The number of amides is 2. The number of hydrogen-bond donors (Lipinski definition) is 4. The fourth-order valence-electron chi connectivity index (χ4n) is 4.07. The highest BCUT2D eigenvalue weighted by atomic mass is 32.2. The van der Waals surface area contributed by atoms with Gasteiger partial charge >= 0.3 is 11.9 Å². The van der Waals surface area contributed by atoms with E-state index in [4.69, 9.17) is 9.52 Å². The largest absolute Gasteiger partial charge is 0.478 e. The van der Waals surface area contributed by atoms with Crippen molar-refractivity contribution in [2.45, 2.75) is 43.6 Å². The van der Waals surface area contributed by atoms with Crippen LogP contribution in [0.1, 0.15) is 35.9 Å². The minimum atomic E-state index is -1.10. The Morgan fingerprint density at radius 1 is 1.33 bits per heavy atom. The molecule has 4 N–H and O–H groups in total. The average Bonchev–Trinajstić information content (AvgIpc) is 3.39. The lowest BCUT2D eigenvalue weighted by molar-refractivity contribution is -0.148. The van der Waals surface area contributed by atoms with Gasteiger partial charge in [0, 0.05) is 29.0 Å². The van der Waals surface area contributed by atoms with Crippen LogP contribution in [0.25, 0.3) is 0 Å². The first-order chi connectivity index (χ1) is 14.3. The summed E-state index contributed by atoms with van der Waals surface area (Å²) in [6.07, 6.45) is 2.00. The molecule has 4 heterocycles. The van der Waals surface area contributed by atoms with Crippen molar-refractivity contribution in [3.63, 3.8) is 0 Å². The number of nitrogens with zero attached hydrogens (tertiary/aromatic N) is 1. The zero-order valence-electron chi connectivity index (χ0n) is 16.1. The van der Waals surface area contributed by atoms with Crippen LogP contribution >= 0.6 is 11.8 Å². The van der Waals surface area contributed by atoms with Crippen molar-refractivity contribution in [1.29, 1.82) is 0 Å². The Bertz CT molecular complexity index is 956. The Balaban J connectivity index is 1.34. The number of hydrogen-bond acceptors (Lipinski definition) is 7. The van der Waals surface area contributed by atoms with Gasteiger partial charge in [-0.15, -0.1) is 11.8 Å². The van der Waals surface area contributed by atoms with Gasteiger partial charge in [0.2, 0.25) is 11.8 Å². The first kappa shape index (κ1) is 20.5. The summed E-state index contributed by atoms with van der Waals surface area (Å²) in [7, 11) is 0. The van der Waals surface area contributed by atoms with Crippen molar-refractivity contribution in [3.8, 4) is 0 Å². The molecule has 1 aromatic heterocycles. The van der Waals surface area contributed by atoms with Gasteiger partial charge in [-0.3, -0.25) is 9.59 Å². The molecule has 2 amide bonds. The Morgan fingerprint density at radius 3 is 2.73 bits per heavy atom. The standard InChI is InChI=1S/C19H21N3O7S/c1-8-13-4-14(23)22(13)15(19(27)28)16(8)30-11-3-12(20-6-11)17(24)21-5-10-2-9(7-29-10)18(25)26/h2,7-8,11-13,20H,3-6H2,1H3,(H,21,24)(H,25,26)(H,27,28)/t8-,11+,12+,13?/m1/s1. The highest BCUT2D eigenvalue weighted by Gasteiger charge is 2.52. The maximum Gasteiger partial charge on any atom is 0.353 e. The summed E-state index contributed by atoms with van der Waals surface area (Å²) in [4.78, 5) is 48.9. The Hall–Kier alpha value is -2.79. The zero-order chi connectivity index (χ0) is 21.6. The third-order valence-corrected chi connectivity index (χ3v) is 7.20. The molecule has 0 aliphatic carbocycles. The van der Waals surface area contributed by atoms with E-state index < -0.39 is 18.0 Å². The molecule has 0 bridgehead atoms. The van der Waals surface area contributed by atoms with Crippen LogP contribution in [0.2, 0.25) is 0 Å². The topological polar surface area (TPSA) is 149 Å². The number of carboxylic acids is 2. The third kappa shape index (κ3) is 3.58. The van der Waals surface area contributed by atoms with E-state index in [0.29, 0.717) is 30.1 Å². The molecule has 11 heteroatoms. The molecule has 4 atom stereocenters. The van der Waals surface area contributed by atoms with Crippen molar-refractivity contribution in [2.75, 3.05) is 6.54 Å². The van der Waals surface area contributed by atoms with E-state index in [1.807, 2.05) is 6.92 Å². The molecule has 0 radical (unpaired) electrons. The van der Waals surface area contributed by atoms with Gasteiger partial charge in [0.25, 0.3) is 0 Å². The van der Waals surface area contributed by atoms with Crippen LogP contribution in [0.3, 0.4) is 0 Å². The number of rotatable bonds is 7. The van der Waals surface area contributed by atoms with Crippen LogP contribution in [-0.2, 0) is 20.9 Å². The number of aliphatic carboxylic acids is 1. The van der Waals surface area contributed by atoms with Gasteiger partial charge in [-0.05, 0) is 12.5 Å². The van der Waals surface area contributed by atoms with Crippen LogP contribution in [0.15, 0.2) is 27.3 Å². The van der Waals surface area contributed by atoms with E-state index >= 15 is 0 Å². The SMILES string of the molecule is C[C@H]1C(S[C@@H]2CN[C@H](C(=O)NCc3cc(C(=O)O)co3)C2)=C(C(=O)O)N2C(=O)CC12. The molecule has 4 rings (SSSR count). The minimum Gasteiger partial charge on any atom is -0.478 e. The van der Waals surface area contributed by atoms with Crippen LogP contribution in [0.5, 0.6) is 0 Å². The third-order valence-electron chi connectivity index (χ3n) is 5.69. The molecule has 1 aromatic rings. The molecule has 0 saturated carbocycles. The first-order valence-corrected chi connectivity index (χ1v) is 10.4. The summed E-state index contributed by atoms with van der Waals surface area (Å²) in [6.45, 7) is 2.55. The van der Waals surface area contributed by atoms with E-state index in [0.717, 1.165) is 6.26 Å². The molecule has 2 saturated heterocycles. The summed E-state index contributed by atoms with van der Waals surface area (Å²) in [5.41, 5.74) is 0.0970. The van der Waals surface area contributed by atoms with E-state index in [2.05, 4.69) is 10.6 Å². The second-order valence-electron chi connectivity index (χ2n) is 7.60. The van der Waals surface area contributed by atoms with Crippen molar-refractivity contribution in [1.82, 2.24) is 15.5 Å². The quantitative estimate of drug-likeness (QED) is 0.452. The highest BCUT2D eigenvalue weighted by Crippen LogP contribution is 2.48. The molecule has 0 spiro atoms. The highest BCUT2D eigenvalue weighted by molar-refractivity contribution is 8.03. The molecule has 160 valence electrons. The molecule has 3 aliphatic heterocycles. The number of β-lactam (4-membered cyclic amide) rings is 1. The van der Waals surface area contributed by atoms with Crippen LogP contribution < -0.4 is 10.6 Å². The molecule has 2 fully saturated rings. The maximum atomic E-state index is 12.4. The summed E-state index contributed by atoms with van der Waals surface area (Å²) in [5, 5.41) is 24.3. The van der Waals surface area contributed by atoms with Gasteiger partial charge in [0.05, 0.1) is 24.2 Å². The average molecular weight is 435 g/mol. The summed E-state index contributed by atoms with van der Waals surface area (Å²) < 4.78 is 5.12. The lowest BCUT2D eigenvalue weighted by Crippen LogP contribution is -2.51. The molecular formula is C19H21N3O7S. The van der Waals surface area contributed by atoms with Gasteiger partial charge in [-0.1, -0.05) is 6.92 Å². The lowest BCUT2D eigenvalue weighted by atomic mass is 9.94. The number of fused-ring (bicyclic) bond motifs is 1. The molecule has 30 heavy (non-hydrogen) atoms. The number of nitrogens with one attached hydrogen (secondary N) is 2. The lowest BCUT2D eigenvalue weighted by Gasteiger charge is -2.37. The second-order valence-corrected chi connectivity index (χ2v) is 8.95. The van der Waals surface area contributed by atoms with Crippen LogP contribution in [-0.4, -0.2) is 62.7 Å². The monoisotopic (exact) mass is 435 g/mol. The van der Waals surface area contributed by atoms with Crippen molar-refractivity contribution >= 4 is 35.5 Å². The first-order valence-electron chi connectivity index (χ1n) is 9.54. The van der Waals surface area contributed by atoms with Crippen molar-refractivity contribution < 1.29 is 33.8 Å². The molecular weight excluding hydrogens is 414 g/mol. The van der Waals surface area contributed by atoms with Gasteiger partial charge in [0.1, 0.15) is 17.7 Å². The van der Waals surface area contributed by atoms with E-state index in [-0.39, 0.29) is 46.8 Å². The van der Waals surface area contributed by atoms with Gasteiger partial charge in [-0.2, -0.15) is 0 Å². The normalized spacial score (nSPS) is 27.8. The smallest absolute Gasteiger partial charge is 0.353 e. The molecule has 3 aliphatic rings. The van der Waals surface area contributed by atoms with E-state index in [9.17, 15) is 24.3 Å². The van der Waals surface area contributed by atoms with Gasteiger partial charge < -0.3 is 30.2 Å². The predicted octanol–water partition coefficient (Wildman–Crippen LogP) is 0.604. The summed E-state index contributed by atoms with van der Waals surface area (Å²) >= 11 is 1.43. The van der Waals surface area contributed by atoms with E-state index in [1.165, 1.54) is 22.7 Å². The predicted molar refractivity (Wildman–Crippen MR) is 104 cm³/mol. The zero-order valence-corrected chi connectivity index (χ0v) is 16.9. The van der Waals surface area contributed by atoms with Crippen LogP contribution in [0.4, 0.5) is 0 Å². The van der Waals surface area contributed by atoms with Gasteiger partial charge in [0.15, 0.2) is 0 Å². The summed E-state index contributed by atoms with van der Waals surface area (Å²) in [6, 6.07) is 0.833. The van der Waals surface area contributed by atoms with Gasteiger partial charge in [-0.25, -0.2) is 9.59 Å². The van der Waals surface area contributed by atoms with Crippen LogP contribution in [0, 0.1) is 5.92 Å². The van der Waals surface area contributed by atoms with Crippen molar-refractivity contribution in [3.05, 3.63) is 34.3 Å². The van der Waals surface area contributed by atoms with E-state index in [1.54, 1.807) is 0 Å². The number of carboxylic acid groups (broad SMARTS) is 2. The molecule has 1 unspecified atom stereocenters. The molecule has 0 aromatic carbocycles. The fourth-order valence-corrected chi connectivity index (χ4v) is 5.56. The minimum absolute atomic E-state index is 0.00331. The molecule has 10 nitrogen and oxygen atoms in total. The number of carbonyl (C=O) groups excluding carboxylic acids is 2. The van der Waals surface area contributed by atoms with Crippen molar-refractivity contribution in [2.24, 2.45) is 5.92 Å². The number of aromatic carboxylic acids is 1. The Morgan fingerprint density at radius 2 is 2.10 bits per heavy atom. The number of thioether (sulfide) groups is 1. The number of furan rings is 1. The fraction of sp³-hybridized carbons (Fsp3) is 0.474. The Labute approximate surface area is 175 Å². The Kier molecular flexibility index (Phi) is 5.33.